The van der Waals surface area contributed by atoms with E-state index in [1.54, 1.807) is 0 Å². The molecule has 0 spiro atoms. The molecule has 0 radical (unpaired) electrons. The van der Waals surface area contributed by atoms with Crippen LogP contribution in [-0.4, -0.2) is 23.7 Å². The minimum absolute atomic E-state index is 0.0257. The maximum atomic E-state index is 12.4. The summed E-state index contributed by atoms with van der Waals surface area (Å²) in [5, 5.41) is 12.8. The zero-order chi connectivity index (χ0) is 14.0. The number of aliphatic hydroxyl groups is 1. The second-order valence-electron chi connectivity index (χ2n) is 5.51. The number of nitrogens with one attached hydrogen (secondary N) is 1. The third-order valence-electron chi connectivity index (χ3n) is 4.08. The fourth-order valence-electron chi connectivity index (χ4n) is 2.19. The van der Waals surface area contributed by atoms with Crippen LogP contribution in [0.2, 0.25) is 5.02 Å². The highest BCUT2D eigenvalue weighted by atomic mass is 35.5. The lowest BCUT2D eigenvalue weighted by atomic mass is 9.94. The van der Waals surface area contributed by atoms with Gasteiger partial charge in [-0.25, -0.2) is 0 Å². The molecular weight excluding hydrogens is 262 g/mol. The third kappa shape index (κ3) is 2.93. The second kappa shape index (κ2) is 5.51. The van der Waals surface area contributed by atoms with E-state index in [9.17, 15) is 4.79 Å². The minimum Gasteiger partial charge on any atom is -0.396 e. The van der Waals surface area contributed by atoms with Gasteiger partial charge in [-0.05, 0) is 43.4 Å². The summed E-state index contributed by atoms with van der Waals surface area (Å²) in [6, 6.07) is 7.47. The summed E-state index contributed by atoms with van der Waals surface area (Å²) in [7, 11) is 0. The molecule has 1 fully saturated rings. The first kappa shape index (κ1) is 14.4. The molecule has 2 unspecified atom stereocenters. The summed E-state index contributed by atoms with van der Waals surface area (Å²) >= 11 is 5.88. The largest absolute Gasteiger partial charge is 0.396 e. The number of carbonyl (C=O) groups excluding carboxylic acids is 1. The lowest BCUT2D eigenvalue weighted by molar-refractivity contribution is -0.124. The standard InChI is InChI=1S/C15H20ClNO2/c1-10(9-18)11(2)17-14(19)15(7-8-15)12-3-5-13(16)6-4-12/h3-6,10-11,18H,7-9H2,1-2H3,(H,17,19). The van der Waals surface area contributed by atoms with Gasteiger partial charge in [0.1, 0.15) is 0 Å². The molecule has 0 bridgehead atoms. The Morgan fingerprint density at radius 2 is 1.95 bits per heavy atom. The van der Waals surface area contributed by atoms with E-state index in [-0.39, 0.29) is 29.9 Å². The van der Waals surface area contributed by atoms with Crippen LogP contribution in [0.1, 0.15) is 32.3 Å². The predicted molar refractivity (Wildman–Crippen MR) is 76.2 cm³/mol. The zero-order valence-electron chi connectivity index (χ0n) is 11.3. The molecule has 0 aromatic heterocycles. The van der Waals surface area contributed by atoms with Crippen molar-refractivity contribution in [2.75, 3.05) is 6.61 Å². The summed E-state index contributed by atoms with van der Waals surface area (Å²) in [4.78, 5) is 12.4. The minimum atomic E-state index is -0.381. The summed E-state index contributed by atoms with van der Waals surface area (Å²) in [6.45, 7) is 3.93. The van der Waals surface area contributed by atoms with Crippen molar-refractivity contribution in [3.8, 4) is 0 Å². The highest BCUT2D eigenvalue weighted by molar-refractivity contribution is 6.30. The van der Waals surface area contributed by atoms with E-state index >= 15 is 0 Å². The molecule has 0 saturated heterocycles. The summed E-state index contributed by atoms with van der Waals surface area (Å²) < 4.78 is 0. The molecule has 104 valence electrons. The maximum absolute atomic E-state index is 12.4. The van der Waals surface area contributed by atoms with Crippen molar-refractivity contribution in [2.24, 2.45) is 5.92 Å². The molecule has 3 nitrogen and oxygen atoms in total. The molecule has 19 heavy (non-hydrogen) atoms. The normalized spacial score (nSPS) is 19.6. The van der Waals surface area contributed by atoms with Gasteiger partial charge in [0.25, 0.3) is 0 Å². The lowest BCUT2D eigenvalue weighted by Gasteiger charge is -2.23. The molecule has 1 aromatic rings. The molecule has 0 heterocycles. The monoisotopic (exact) mass is 281 g/mol. The van der Waals surface area contributed by atoms with Gasteiger partial charge in [0.05, 0.1) is 5.41 Å². The Morgan fingerprint density at radius 1 is 1.37 bits per heavy atom. The fourth-order valence-corrected chi connectivity index (χ4v) is 2.31. The van der Waals surface area contributed by atoms with E-state index in [0.717, 1.165) is 18.4 Å². The highest BCUT2D eigenvalue weighted by Crippen LogP contribution is 2.48. The second-order valence-corrected chi connectivity index (χ2v) is 5.95. The van der Waals surface area contributed by atoms with Crippen molar-refractivity contribution in [2.45, 2.75) is 38.1 Å². The average Bonchev–Trinajstić information content (AvgIpc) is 3.20. The summed E-state index contributed by atoms with van der Waals surface area (Å²) in [5.74, 6) is 0.118. The Bertz CT molecular complexity index is 454. The molecule has 2 atom stereocenters. The van der Waals surface area contributed by atoms with Gasteiger partial charge >= 0.3 is 0 Å². The highest BCUT2D eigenvalue weighted by Gasteiger charge is 2.51. The van der Waals surface area contributed by atoms with E-state index in [0.29, 0.717) is 5.02 Å². The number of aliphatic hydroxyl groups excluding tert-OH is 1. The molecule has 2 rings (SSSR count). The molecule has 2 N–H and O–H groups in total. The van der Waals surface area contributed by atoms with Gasteiger partial charge in [-0.15, -0.1) is 0 Å². The van der Waals surface area contributed by atoms with Gasteiger partial charge in [0.2, 0.25) is 5.91 Å². The molecule has 1 aromatic carbocycles. The first-order valence-electron chi connectivity index (χ1n) is 6.67. The molecular formula is C15H20ClNO2. The molecule has 1 aliphatic rings. The van der Waals surface area contributed by atoms with Gasteiger partial charge in [-0.2, -0.15) is 0 Å². The number of benzene rings is 1. The number of rotatable bonds is 5. The first-order valence-corrected chi connectivity index (χ1v) is 7.05. The first-order chi connectivity index (χ1) is 8.99. The number of hydrogen-bond donors (Lipinski definition) is 2. The van der Waals surface area contributed by atoms with Crippen LogP contribution in [0.25, 0.3) is 0 Å². The van der Waals surface area contributed by atoms with Gasteiger partial charge < -0.3 is 10.4 Å². The van der Waals surface area contributed by atoms with E-state index in [4.69, 9.17) is 16.7 Å². The lowest BCUT2D eigenvalue weighted by Crippen LogP contribution is -2.43. The van der Waals surface area contributed by atoms with E-state index < -0.39 is 0 Å². The Kier molecular flexibility index (Phi) is 4.16. The van der Waals surface area contributed by atoms with E-state index in [1.807, 2.05) is 38.1 Å². The van der Waals surface area contributed by atoms with Crippen LogP contribution in [0.15, 0.2) is 24.3 Å². The third-order valence-corrected chi connectivity index (χ3v) is 4.33. The maximum Gasteiger partial charge on any atom is 0.230 e. The number of carbonyl (C=O) groups is 1. The van der Waals surface area contributed by atoms with Crippen molar-refractivity contribution in [1.29, 1.82) is 0 Å². The average molecular weight is 282 g/mol. The van der Waals surface area contributed by atoms with Crippen LogP contribution < -0.4 is 5.32 Å². The number of amides is 1. The van der Waals surface area contributed by atoms with Crippen molar-refractivity contribution in [1.82, 2.24) is 5.32 Å². The molecule has 1 amide bonds. The Balaban J connectivity index is 2.08. The Hall–Kier alpha value is -1.06. The summed E-state index contributed by atoms with van der Waals surface area (Å²) in [6.07, 6.45) is 1.75. The van der Waals surface area contributed by atoms with Crippen LogP contribution >= 0.6 is 11.6 Å². The predicted octanol–water partition coefficient (Wildman–Crippen LogP) is 2.50. The SMILES string of the molecule is CC(CO)C(C)NC(=O)C1(c2ccc(Cl)cc2)CC1. The fraction of sp³-hybridized carbons (Fsp3) is 0.533. The van der Waals surface area contributed by atoms with Gasteiger partial charge in [0.15, 0.2) is 0 Å². The molecule has 1 saturated carbocycles. The van der Waals surface area contributed by atoms with Crippen LogP contribution in [0, 0.1) is 5.92 Å². The van der Waals surface area contributed by atoms with Gasteiger partial charge in [-0.3, -0.25) is 4.79 Å². The van der Waals surface area contributed by atoms with Crippen molar-refractivity contribution in [3.63, 3.8) is 0 Å². The van der Waals surface area contributed by atoms with Crippen LogP contribution in [0.4, 0.5) is 0 Å². The van der Waals surface area contributed by atoms with Crippen LogP contribution in [0.5, 0.6) is 0 Å². The van der Waals surface area contributed by atoms with Crippen molar-refractivity contribution >= 4 is 17.5 Å². The van der Waals surface area contributed by atoms with E-state index in [1.165, 1.54) is 0 Å². The molecule has 0 aliphatic heterocycles. The number of halogens is 1. The zero-order valence-corrected chi connectivity index (χ0v) is 12.1. The smallest absolute Gasteiger partial charge is 0.230 e. The Labute approximate surface area is 119 Å². The van der Waals surface area contributed by atoms with Gasteiger partial charge in [-0.1, -0.05) is 30.7 Å². The quantitative estimate of drug-likeness (QED) is 0.871. The topological polar surface area (TPSA) is 49.3 Å². The van der Waals surface area contributed by atoms with Crippen molar-refractivity contribution < 1.29 is 9.90 Å². The van der Waals surface area contributed by atoms with Gasteiger partial charge in [0, 0.05) is 17.7 Å². The molecule has 1 aliphatic carbocycles. The Morgan fingerprint density at radius 3 is 2.42 bits per heavy atom. The van der Waals surface area contributed by atoms with Crippen molar-refractivity contribution in [3.05, 3.63) is 34.9 Å². The van der Waals surface area contributed by atoms with Crippen LogP contribution in [0.3, 0.4) is 0 Å². The van der Waals surface area contributed by atoms with E-state index in [2.05, 4.69) is 5.32 Å². The summed E-state index contributed by atoms with van der Waals surface area (Å²) in [5.41, 5.74) is 0.645. The number of hydrogen-bond acceptors (Lipinski definition) is 2. The van der Waals surface area contributed by atoms with Crippen LogP contribution in [-0.2, 0) is 10.2 Å². The molecule has 4 heteroatoms.